The Balaban J connectivity index is 1.58. The van der Waals surface area contributed by atoms with Crippen LogP contribution >= 0.6 is 11.3 Å². The third kappa shape index (κ3) is 6.68. The van der Waals surface area contributed by atoms with Gasteiger partial charge in [0.05, 0.1) is 11.4 Å². The lowest BCUT2D eigenvalue weighted by atomic mass is 10.0. The summed E-state index contributed by atoms with van der Waals surface area (Å²) in [6, 6.07) is 7.97. The highest BCUT2D eigenvalue weighted by Gasteiger charge is 2.38. The molecule has 40 heavy (non-hydrogen) atoms. The number of anilines is 2. The van der Waals surface area contributed by atoms with Crippen LogP contribution in [0.2, 0.25) is 0 Å². The molecule has 1 atom stereocenters. The number of carbonyl (C=O) groups excluding carboxylic acids is 3. The van der Waals surface area contributed by atoms with Gasteiger partial charge in [0.1, 0.15) is 23.1 Å². The Labute approximate surface area is 230 Å². The van der Waals surface area contributed by atoms with Gasteiger partial charge in [0.2, 0.25) is 5.91 Å². The number of benzene rings is 2. The highest BCUT2D eigenvalue weighted by atomic mass is 32.1. The number of rotatable bonds is 7. The lowest BCUT2D eigenvalue weighted by Gasteiger charge is -2.30. The first-order valence-corrected chi connectivity index (χ1v) is 12.8. The molecule has 0 aliphatic carbocycles. The molecule has 2 aromatic carbocycles. The summed E-state index contributed by atoms with van der Waals surface area (Å²) >= 11 is 1.10. The second kappa shape index (κ2) is 11.1. The number of hydrogen-bond donors (Lipinski definition) is 2. The average molecular weight is 580 g/mol. The van der Waals surface area contributed by atoms with E-state index in [1.165, 1.54) is 62.3 Å². The molecule has 0 radical (unpaired) electrons. The van der Waals surface area contributed by atoms with Crippen molar-refractivity contribution in [1.82, 2.24) is 15.6 Å². The Kier molecular flexibility index (Phi) is 8.00. The lowest BCUT2D eigenvalue weighted by molar-refractivity contribution is -0.274. The fourth-order valence-corrected chi connectivity index (χ4v) is 4.65. The number of likely N-dealkylation sites (N-methyl/N-ethyl adjacent to an activating group) is 1. The smallest absolute Gasteiger partial charge is 0.406 e. The predicted octanol–water partition coefficient (Wildman–Crippen LogP) is 3.86. The molecule has 4 rings (SSSR count). The van der Waals surface area contributed by atoms with Crippen LogP contribution in [0.25, 0.3) is 0 Å². The Morgan fingerprint density at radius 3 is 2.45 bits per heavy atom. The second-order valence-corrected chi connectivity index (χ2v) is 10.4. The summed E-state index contributed by atoms with van der Waals surface area (Å²) in [5.41, 5.74) is -0.134. The Bertz CT molecular complexity index is 1400. The van der Waals surface area contributed by atoms with E-state index < -0.39 is 47.2 Å². The zero-order valence-corrected chi connectivity index (χ0v) is 22.4. The summed E-state index contributed by atoms with van der Waals surface area (Å²) in [6.45, 7) is 3.02. The summed E-state index contributed by atoms with van der Waals surface area (Å²) in [5.74, 6) is -2.70. The molecule has 1 aromatic heterocycles. The van der Waals surface area contributed by atoms with E-state index in [1.54, 1.807) is 10.3 Å². The summed E-state index contributed by atoms with van der Waals surface area (Å²) < 4.78 is 55.7. The fraction of sp³-hybridized carbons (Fsp3) is 0.308. The monoisotopic (exact) mass is 579 g/mol. The number of carbonyl (C=O) groups is 3. The van der Waals surface area contributed by atoms with Crippen molar-refractivity contribution >= 4 is 40.4 Å². The number of fused-ring (bicyclic) bond motifs is 1. The van der Waals surface area contributed by atoms with Crippen molar-refractivity contribution in [2.75, 3.05) is 23.4 Å². The van der Waals surface area contributed by atoms with Gasteiger partial charge in [-0.25, -0.2) is 9.37 Å². The number of hydrogen-bond acceptors (Lipinski definition) is 7. The van der Waals surface area contributed by atoms with E-state index in [2.05, 4.69) is 20.4 Å². The molecule has 0 saturated heterocycles. The van der Waals surface area contributed by atoms with Crippen LogP contribution < -0.4 is 25.2 Å². The van der Waals surface area contributed by atoms with Crippen LogP contribution in [0.3, 0.4) is 0 Å². The van der Waals surface area contributed by atoms with Gasteiger partial charge in [-0.3, -0.25) is 14.4 Å². The lowest BCUT2D eigenvalue weighted by Crippen LogP contribution is -2.60. The molecule has 3 aromatic rings. The van der Waals surface area contributed by atoms with Gasteiger partial charge in [-0.15, -0.1) is 24.5 Å². The third-order valence-electron chi connectivity index (χ3n) is 6.13. The SMILES string of the molecule is CN1C(=O)[C@H](NC(=O)C(C)(C)NC(=O)c2nccs2)CN(Cc2ccc(OC(F)(F)F)cc2)c2ccc(F)cc21. The molecular formula is C26H25F4N5O4S. The maximum Gasteiger partial charge on any atom is 0.573 e. The first-order valence-electron chi connectivity index (χ1n) is 11.9. The summed E-state index contributed by atoms with van der Waals surface area (Å²) in [7, 11) is 1.45. The third-order valence-corrected chi connectivity index (χ3v) is 6.90. The number of ether oxygens (including phenoxy) is 1. The van der Waals surface area contributed by atoms with E-state index in [0.717, 1.165) is 23.5 Å². The number of alkyl halides is 3. The van der Waals surface area contributed by atoms with Gasteiger partial charge in [0.25, 0.3) is 11.8 Å². The molecule has 3 amide bonds. The molecule has 212 valence electrons. The maximum absolute atomic E-state index is 14.2. The van der Waals surface area contributed by atoms with Crippen LogP contribution in [0.1, 0.15) is 29.2 Å². The Morgan fingerprint density at radius 1 is 1.12 bits per heavy atom. The van der Waals surface area contributed by atoms with Crippen molar-refractivity contribution in [3.05, 3.63) is 70.4 Å². The number of halogens is 4. The molecule has 2 heterocycles. The molecule has 2 N–H and O–H groups in total. The minimum Gasteiger partial charge on any atom is -0.406 e. The number of thiazole rings is 1. The molecule has 1 aliphatic rings. The molecule has 0 unspecified atom stereocenters. The van der Waals surface area contributed by atoms with E-state index in [9.17, 15) is 31.9 Å². The van der Waals surface area contributed by atoms with Crippen molar-refractivity contribution in [3.8, 4) is 5.75 Å². The van der Waals surface area contributed by atoms with Crippen molar-refractivity contribution < 1.29 is 36.7 Å². The minimum absolute atomic E-state index is 0.0507. The van der Waals surface area contributed by atoms with Gasteiger partial charge >= 0.3 is 6.36 Å². The van der Waals surface area contributed by atoms with Gasteiger partial charge < -0.3 is 25.2 Å². The molecular weight excluding hydrogens is 554 g/mol. The first-order chi connectivity index (χ1) is 18.7. The quantitative estimate of drug-likeness (QED) is 0.412. The van der Waals surface area contributed by atoms with E-state index in [1.807, 2.05) is 0 Å². The zero-order chi connectivity index (χ0) is 29.2. The molecule has 0 saturated carbocycles. The average Bonchev–Trinajstić information content (AvgIpc) is 3.39. The molecule has 0 bridgehead atoms. The van der Waals surface area contributed by atoms with Crippen molar-refractivity contribution in [3.63, 3.8) is 0 Å². The van der Waals surface area contributed by atoms with Crippen LogP contribution in [-0.4, -0.2) is 54.2 Å². The van der Waals surface area contributed by atoms with Crippen LogP contribution in [-0.2, 0) is 16.1 Å². The van der Waals surface area contributed by atoms with Crippen molar-refractivity contribution in [2.24, 2.45) is 0 Å². The highest BCUT2D eigenvalue weighted by Crippen LogP contribution is 2.34. The van der Waals surface area contributed by atoms with Gasteiger partial charge in [0.15, 0.2) is 5.01 Å². The van der Waals surface area contributed by atoms with Crippen molar-refractivity contribution in [2.45, 2.75) is 38.3 Å². The number of amides is 3. The second-order valence-electron chi connectivity index (χ2n) is 9.54. The largest absolute Gasteiger partial charge is 0.573 e. The normalized spacial score (nSPS) is 15.8. The van der Waals surface area contributed by atoms with E-state index in [4.69, 9.17) is 0 Å². The van der Waals surface area contributed by atoms with Crippen LogP contribution in [0.4, 0.5) is 28.9 Å². The molecule has 0 fully saturated rings. The molecule has 9 nitrogen and oxygen atoms in total. The van der Waals surface area contributed by atoms with Crippen LogP contribution in [0.15, 0.2) is 54.0 Å². The molecule has 1 aliphatic heterocycles. The van der Waals surface area contributed by atoms with Gasteiger partial charge in [-0.1, -0.05) is 12.1 Å². The number of nitrogens with one attached hydrogen (secondary N) is 2. The standard InChI is InChI=1S/C26H25F4N5O4S/c1-25(2,33-21(36)22-31-10-11-40-22)24(38)32-18-14-35(13-15-4-7-17(8-5-15)39-26(28,29)30)19-9-6-16(27)12-20(19)34(3)23(18)37/h4-12,18H,13-14H2,1-3H3,(H,32,38)(H,33,36)/t18-/m1/s1. The fourth-order valence-electron chi connectivity index (χ4n) is 4.12. The number of nitrogens with zero attached hydrogens (tertiary/aromatic N) is 3. The van der Waals surface area contributed by atoms with Gasteiger partial charge in [-0.05, 0) is 49.7 Å². The molecule has 0 spiro atoms. The Morgan fingerprint density at radius 2 is 1.82 bits per heavy atom. The predicted molar refractivity (Wildman–Crippen MR) is 140 cm³/mol. The van der Waals surface area contributed by atoms with E-state index in [0.29, 0.717) is 11.3 Å². The van der Waals surface area contributed by atoms with E-state index in [-0.39, 0.29) is 23.8 Å². The zero-order valence-electron chi connectivity index (χ0n) is 21.6. The Hall–Kier alpha value is -4.20. The van der Waals surface area contributed by atoms with Crippen LogP contribution in [0.5, 0.6) is 5.75 Å². The maximum atomic E-state index is 14.2. The minimum atomic E-state index is -4.83. The summed E-state index contributed by atoms with van der Waals surface area (Å²) in [5, 5.41) is 7.08. The first kappa shape index (κ1) is 28.8. The highest BCUT2D eigenvalue weighted by molar-refractivity contribution is 7.11. The number of aromatic nitrogens is 1. The van der Waals surface area contributed by atoms with Crippen molar-refractivity contribution in [1.29, 1.82) is 0 Å². The molecule has 14 heteroatoms. The van der Waals surface area contributed by atoms with Gasteiger partial charge in [-0.2, -0.15) is 0 Å². The topological polar surface area (TPSA) is 104 Å². The van der Waals surface area contributed by atoms with E-state index >= 15 is 0 Å². The summed E-state index contributed by atoms with van der Waals surface area (Å²) in [6.07, 6.45) is -3.38. The van der Waals surface area contributed by atoms with Crippen LogP contribution in [0, 0.1) is 5.82 Å². The van der Waals surface area contributed by atoms with Gasteiger partial charge in [0, 0.05) is 31.7 Å². The summed E-state index contributed by atoms with van der Waals surface area (Å²) in [4.78, 5) is 46.0.